The Morgan fingerprint density at radius 2 is 1.72 bits per heavy atom. The number of hydrogen-bond donors (Lipinski definition) is 1. The van der Waals surface area contributed by atoms with Gasteiger partial charge in [0.2, 0.25) is 0 Å². The number of nitrogens with two attached hydrogens (primary N) is 1. The fourth-order valence-corrected chi connectivity index (χ4v) is 2.00. The SMILES string of the molecule is C=C(C)[C@H](CC(C)C)/C(C)=C/CC(C)(C)[C@H](C)N. The van der Waals surface area contributed by atoms with E-state index in [1.54, 1.807) is 0 Å². The van der Waals surface area contributed by atoms with Crippen LogP contribution >= 0.6 is 0 Å². The zero-order valence-corrected chi connectivity index (χ0v) is 13.5. The topological polar surface area (TPSA) is 26.0 Å². The van der Waals surface area contributed by atoms with E-state index in [0.717, 1.165) is 6.42 Å². The summed E-state index contributed by atoms with van der Waals surface area (Å²) in [6.45, 7) is 19.6. The van der Waals surface area contributed by atoms with Crippen LogP contribution in [0.1, 0.15) is 61.3 Å². The van der Waals surface area contributed by atoms with Crippen LogP contribution in [0, 0.1) is 17.3 Å². The summed E-state index contributed by atoms with van der Waals surface area (Å²) < 4.78 is 0. The van der Waals surface area contributed by atoms with Crippen LogP contribution in [-0.4, -0.2) is 6.04 Å². The summed E-state index contributed by atoms with van der Waals surface area (Å²) in [7, 11) is 0. The highest BCUT2D eigenvalue weighted by atomic mass is 14.7. The van der Waals surface area contributed by atoms with E-state index in [1.165, 1.54) is 17.6 Å². The van der Waals surface area contributed by atoms with Crippen LogP contribution in [0.25, 0.3) is 0 Å². The zero-order valence-electron chi connectivity index (χ0n) is 13.5. The molecular formula is C17H33N. The molecule has 0 saturated carbocycles. The minimum Gasteiger partial charge on any atom is -0.327 e. The Hall–Kier alpha value is -0.560. The van der Waals surface area contributed by atoms with Crippen LogP contribution in [0.5, 0.6) is 0 Å². The van der Waals surface area contributed by atoms with E-state index in [1.807, 2.05) is 0 Å². The van der Waals surface area contributed by atoms with Crippen LogP contribution < -0.4 is 5.73 Å². The van der Waals surface area contributed by atoms with E-state index < -0.39 is 0 Å². The molecule has 0 radical (unpaired) electrons. The zero-order chi connectivity index (χ0) is 14.5. The first-order chi connectivity index (χ1) is 8.08. The predicted octanol–water partition coefficient (Wildman–Crippen LogP) is 4.93. The average Bonchev–Trinajstić information content (AvgIpc) is 2.21. The molecule has 18 heavy (non-hydrogen) atoms. The summed E-state index contributed by atoms with van der Waals surface area (Å²) >= 11 is 0. The summed E-state index contributed by atoms with van der Waals surface area (Å²) in [6.07, 6.45) is 4.60. The molecule has 0 amide bonds. The average molecular weight is 251 g/mol. The highest BCUT2D eigenvalue weighted by molar-refractivity contribution is 5.16. The molecule has 0 rings (SSSR count). The standard InChI is InChI=1S/C17H33N/c1-12(2)11-16(13(3)4)14(5)9-10-17(7,8)15(6)18/h9,12,15-16H,3,10-11,18H2,1-2,4-8H3/b14-9+/t15-,16-/m0/s1. The summed E-state index contributed by atoms with van der Waals surface area (Å²) in [5, 5.41) is 0. The molecule has 0 fully saturated rings. The summed E-state index contributed by atoms with van der Waals surface area (Å²) in [5.74, 6) is 1.23. The largest absolute Gasteiger partial charge is 0.327 e. The Balaban J connectivity index is 4.77. The molecule has 0 unspecified atom stereocenters. The molecule has 0 aliphatic heterocycles. The van der Waals surface area contributed by atoms with E-state index in [4.69, 9.17) is 5.73 Å². The van der Waals surface area contributed by atoms with Crippen molar-refractivity contribution in [3.8, 4) is 0 Å². The summed E-state index contributed by atoms with van der Waals surface area (Å²) in [6, 6.07) is 0.218. The van der Waals surface area contributed by atoms with Gasteiger partial charge >= 0.3 is 0 Å². The molecule has 0 aromatic rings. The minimum atomic E-state index is 0.165. The summed E-state index contributed by atoms with van der Waals surface area (Å²) in [5.41, 5.74) is 8.91. The Labute approximate surface area is 115 Å². The Bertz CT molecular complexity index is 295. The van der Waals surface area contributed by atoms with Gasteiger partial charge in [-0.3, -0.25) is 0 Å². The van der Waals surface area contributed by atoms with Crippen LogP contribution in [-0.2, 0) is 0 Å². The normalized spacial score (nSPS) is 16.8. The van der Waals surface area contributed by atoms with Gasteiger partial charge < -0.3 is 5.73 Å². The smallest absolute Gasteiger partial charge is 0.00647 e. The maximum absolute atomic E-state index is 6.03. The van der Waals surface area contributed by atoms with Crippen molar-refractivity contribution in [3.05, 3.63) is 23.8 Å². The third-order valence-electron chi connectivity index (χ3n) is 4.03. The van der Waals surface area contributed by atoms with Crippen molar-refractivity contribution in [2.24, 2.45) is 23.0 Å². The molecule has 2 N–H and O–H groups in total. The molecule has 0 aromatic carbocycles. The quantitative estimate of drug-likeness (QED) is 0.638. The van der Waals surface area contributed by atoms with Gasteiger partial charge in [0.15, 0.2) is 0 Å². The van der Waals surface area contributed by atoms with E-state index >= 15 is 0 Å². The monoisotopic (exact) mass is 251 g/mol. The molecular weight excluding hydrogens is 218 g/mol. The lowest BCUT2D eigenvalue weighted by molar-refractivity contribution is 0.304. The summed E-state index contributed by atoms with van der Waals surface area (Å²) in [4.78, 5) is 0. The molecule has 0 aliphatic carbocycles. The maximum Gasteiger partial charge on any atom is 0.00647 e. The molecule has 0 saturated heterocycles. The van der Waals surface area contributed by atoms with E-state index in [-0.39, 0.29) is 11.5 Å². The predicted molar refractivity (Wildman–Crippen MR) is 83.6 cm³/mol. The van der Waals surface area contributed by atoms with Crippen molar-refractivity contribution < 1.29 is 0 Å². The van der Waals surface area contributed by atoms with Crippen molar-refractivity contribution in [2.45, 2.75) is 67.3 Å². The molecule has 106 valence electrons. The second kappa shape index (κ2) is 7.13. The van der Waals surface area contributed by atoms with Crippen molar-refractivity contribution in [1.29, 1.82) is 0 Å². The highest BCUT2D eigenvalue weighted by Crippen LogP contribution is 2.30. The molecule has 0 bridgehead atoms. The van der Waals surface area contributed by atoms with Gasteiger partial charge in [-0.2, -0.15) is 0 Å². The number of rotatable bonds is 7. The maximum atomic E-state index is 6.03. The second-order valence-electron chi connectivity index (χ2n) is 6.96. The van der Waals surface area contributed by atoms with Gasteiger partial charge in [0.05, 0.1) is 0 Å². The van der Waals surface area contributed by atoms with E-state index in [9.17, 15) is 0 Å². The lowest BCUT2D eigenvalue weighted by Crippen LogP contribution is -2.34. The second-order valence-corrected chi connectivity index (χ2v) is 6.96. The lowest BCUT2D eigenvalue weighted by Gasteiger charge is -2.29. The van der Waals surface area contributed by atoms with Gasteiger partial charge in [0, 0.05) is 12.0 Å². The molecule has 1 heteroatoms. The van der Waals surface area contributed by atoms with Crippen molar-refractivity contribution in [2.75, 3.05) is 0 Å². The fraction of sp³-hybridized carbons (Fsp3) is 0.765. The first kappa shape index (κ1) is 17.4. The molecule has 1 nitrogen and oxygen atoms in total. The third kappa shape index (κ3) is 5.86. The van der Waals surface area contributed by atoms with Crippen molar-refractivity contribution in [1.82, 2.24) is 0 Å². The number of hydrogen-bond acceptors (Lipinski definition) is 1. The molecule has 0 heterocycles. The van der Waals surface area contributed by atoms with Crippen LogP contribution in [0.15, 0.2) is 23.8 Å². The minimum absolute atomic E-state index is 0.165. The van der Waals surface area contributed by atoms with E-state index in [2.05, 4.69) is 61.1 Å². The third-order valence-corrected chi connectivity index (χ3v) is 4.03. The highest BCUT2D eigenvalue weighted by Gasteiger charge is 2.22. The molecule has 0 aliphatic rings. The van der Waals surface area contributed by atoms with Gasteiger partial charge in [-0.1, -0.05) is 51.5 Å². The fourth-order valence-electron chi connectivity index (χ4n) is 2.00. The van der Waals surface area contributed by atoms with Crippen LogP contribution in [0.2, 0.25) is 0 Å². The first-order valence-electron chi connectivity index (χ1n) is 7.15. The first-order valence-corrected chi connectivity index (χ1v) is 7.15. The van der Waals surface area contributed by atoms with E-state index in [0.29, 0.717) is 11.8 Å². The Kier molecular flexibility index (Phi) is 6.91. The molecule has 0 spiro atoms. The van der Waals surface area contributed by atoms with Crippen LogP contribution in [0.3, 0.4) is 0 Å². The lowest BCUT2D eigenvalue weighted by atomic mass is 9.80. The van der Waals surface area contributed by atoms with Gasteiger partial charge in [-0.15, -0.1) is 0 Å². The van der Waals surface area contributed by atoms with Crippen LogP contribution in [0.4, 0.5) is 0 Å². The Morgan fingerprint density at radius 1 is 1.22 bits per heavy atom. The van der Waals surface area contributed by atoms with Crippen molar-refractivity contribution in [3.63, 3.8) is 0 Å². The Morgan fingerprint density at radius 3 is 2.06 bits per heavy atom. The van der Waals surface area contributed by atoms with Crippen molar-refractivity contribution >= 4 is 0 Å². The molecule has 2 atom stereocenters. The number of allylic oxidation sites excluding steroid dienone is 3. The molecule has 0 aromatic heterocycles. The van der Waals surface area contributed by atoms with Gasteiger partial charge in [0.1, 0.15) is 0 Å². The van der Waals surface area contributed by atoms with Gasteiger partial charge in [0.25, 0.3) is 0 Å². The van der Waals surface area contributed by atoms with Gasteiger partial charge in [-0.05, 0) is 44.9 Å². The van der Waals surface area contributed by atoms with Gasteiger partial charge in [-0.25, -0.2) is 0 Å².